The summed E-state index contributed by atoms with van der Waals surface area (Å²) >= 11 is 5.60. The van der Waals surface area contributed by atoms with Crippen molar-refractivity contribution in [2.24, 2.45) is 5.41 Å². The minimum absolute atomic E-state index is 0.0398. The zero-order valence-corrected chi connectivity index (χ0v) is 13.2. The second-order valence-corrected chi connectivity index (χ2v) is 7.12. The minimum atomic E-state index is -0.668. The van der Waals surface area contributed by atoms with Gasteiger partial charge in [0.15, 0.2) is 0 Å². The summed E-state index contributed by atoms with van der Waals surface area (Å²) in [6.45, 7) is 6.33. The summed E-state index contributed by atoms with van der Waals surface area (Å²) in [6, 6.07) is -0.450. The maximum Gasteiger partial charge on any atom is 0.249 e. The lowest BCUT2D eigenvalue weighted by Gasteiger charge is -2.48. The molecule has 1 N–H and O–H groups in total. The second-order valence-electron chi connectivity index (χ2n) is 6.87. The molecule has 1 saturated carbocycles. The van der Waals surface area contributed by atoms with Gasteiger partial charge in [-0.3, -0.25) is 9.59 Å². The number of carbonyl (C=O) groups excluding carboxylic acids is 2. The second kappa shape index (κ2) is 5.40. The Labute approximate surface area is 125 Å². The highest BCUT2D eigenvalue weighted by Crippen LogP contribution is 2.38. The van der Waals surface area contributed by atoms with Crippen LogP contribution in [0.15, 0.2) is 11.6 Å². The molecule has 4 nitrogen and oxygen atoms in total. The molecule has 2 aliphatic rings. The van der Waals surface area contributed by atoms with Crippen LogP contribution in [0.3, 0.4) is 0 Å². The zero-order chi connectivity index (χ0) is 15.0. The molecule has 1 saturated heterocycles. The predicted molar refractivity (Wildman–Crippen MR) is 79.3 cm³/mol. The monoisotopic (exact) mass is 298 g/mol. The van der Waals surface area contributed by atoms with Gasteiger partial charge in [-0.2, -0.15) is 0 Å². The smallest absolute Gasteiger partial charge is 0.249 e. The Balaban J connectivity index is 2.36. The van der Waals surface area contributed by atoms with Gasteiger partial charge in [0.05, 0.1) is 0 Å². The Morgan fingerprint density at radius 1 is 1.35 bits per heavy atom. The molecule has 2 fully saturated rings. The summed E-state index contributed by atoms with van der Waals surface area (Å²) in [5.74, 6) is 0.00580. The lowest BCUT2D eigenvalue weighted by atomic mass is 9.80. The Morgan fingerprint density at radius 3 is 2.45 bits per heavy atom. The van der Waals surface area contributed by atoms with E-state index in [9.17, 15) is 9.59 Å². The lowest BCUT2D eigenvalue weighted by molar-refractivity contribution is -0.158. The molecule has 0 aromatic heterocycles. The van der Waals surface area contributed by atoms with Crippen LogP contribution in [0.5, 0.6) is 0 Å². The van der Waals surface area contributed by atoms with E-state index in [1.54, 1.807) is 11.0 Å². The van der Waals surface area contributed by atoms with Crippen LogP contribution in [0, 0.1) is 5.41 Å². The van der Waals surface area contributed by atoms with E-state index in [1.165, 1.54) is 5.54 Å². The Hall–Kier alpha value is -1.03. The molecule has 1 spiro atoms. The van der Waals surface area contributed by atoms with E-state index in [0.29, 0.717) is 6.54 Å². The van der Waals surface area contributed by atoms with Crippen molar-refractivity contribution < 1.29 is 9.59 Å². The molecular formula is C15H23ClN2O2. The van der Waals surface area contributed by atoms with Crippen molar-refractivity contribution in [3.8, 4) is 0 Å². The fourth-order valence-electron chi connectivity index (χ4n) is 3.41. The van der Waals surface area contributed by atoms with Crippen LogP contribution in [-0.2, 0) is 9.59 Å². The lowest BCUT2D eigenvalue weighted by Crippen LogP contribution is -2.71. The molecule has 1 heterocycles. The average molecular weight is 299 g/mol. The van der Waals surface area contributed by atoms with Crippen molar-refractivity contribution in [1.82, 2.24) is 10.2 Å². The molecule has 5 heteroatoms. The third kappa shape index (κ3) is 2.58. The van der Waals surface area contributed by atoms with Gasteiger partial charge < -0.3 is 10.2 Å². The summed E-state index contributed by atoms with van der Waals surface area (Å²) in [7, 11) is 0. The van der Waals surface area contributed by atoms with E-state index >= 15 is 0 Å². The van der Waals surface area contributed by atoms with Crippen molar-refractivity contribution in [2.75, 3.05) is 6.54 Å². The van der Waals surface area contributed by atoms with Gasteiger partial charge in [0.25, 0.3) is 0 Å². The first-order chi connectivity index (χ1) is 9.32. The summed E-state index contributed by atoms with van der Waals surface area (Å²) in [6.07, 6.45) is 5.20. The molecule has 0 radical (unpaired) electrons. The largest absolute Gasteiger partial charge is 0.340 e. The highest BCUT2D eigenvalue weighted by molar-refractivity contribution is 6.25. The molecule has 2 amide bonds. The summed E-state index contributed by atoms with van der Waals surface area (Å²) < 4.78 is 0. The number of carbonyl (C=O) groups is 2. The van der Waals surface area contributed by atoms with Gasteiger partial charge in [0.1, 0.15) is 11.6 Å². The van der Waals surface area contributed by atoms with Crippen LogP contribution in [0.1, 0.15) is 46.5 Å². The van der Waals surface area contributed by atoms with E-state index in [4.69, 9.17) is 11.6 Å². The molecule has 1 aliphatic heterocycles. The molecule has 1 aliphatic carbocycles. The first-order valence-corrected chi connectivity index (χ1v) is 7.64. The fraction of sp³-hybridized carbons (Fsp3) is 0.733. The van der Waals surface area contributed by atoms with Gasteiger partial charge in [0, 0.05) is 12.1 Å². The molecule has 0 bridgehead atoms. The normalized spacial score (nSPS) is 26.6. The van der Waals surface area contributed by atoms with Crippen LogP contribution >= 0.6 is 11.6 Å². The number of hydrogen-bond donors (Lipinski definition) is 1. The zero-order valence-electron chi connectivity index (χ0n) is 12.4. The van der Waals surface area contributed by atoms with Crippen LogP contribution in [-0.4, -0.2) is 34.8 Å². The van der Waals surface area contributed by atoms with E-state index in [-0.39, 0.29) is 17.2 Å². The van der Waals surface area contributed by atoms with E-state index in [1.807, 2.05) is 20.8 Å². The van der Waals surface area contributed by atoms with Gasteiger partial charge in [-0.15, -0.1) is 0 Å². The fourth-order valence-corrected chi connectivity index (χ4v) is 3.49. The maximum atomic E-state index is 12.9. The van der Waals surface area contributed by atoms with Crippen molar-refractivity contribution in [3.05, 3.63) is 11.6 Å². The van der Waals surface area contributed by atoms with Crippen molar-refractivity contribution in [3.63, 3.8) is 0 Å². The molecule has 2 rings (SSSR count). The van der Waals surface area contributed by atoms with Gasteiger partial charge >= 0.3 is 0 Å². The van der Waals surface area contributed by atoms with E-state index in [0.717, 1.165) is 25.7 Å². The van der Waals surface area contributed by atoms with Gasteiger partial charge in [0.2, 0.25) is 11.8 Å². The van der Waals surface area contributed by atoms with Gasteiger partial charge in [-0.1, -0.05) is 51.3 Å². The number of nitrogens with zero attached hydrogens (tertiary/aromatic N) is 1. The topological polar surface area (TPSA) is 49.4 Å². The van der Waals surface area contributed by atoms with E-state index < -0.39 is 11.6 Å². The Morgan fingerprint density at radius 2 is 1.95 bits per heavy atom. The van der Waals surface area contributed by atoms with Crippen LogP contribution in [0.25, 0.3) is 0 Å². The van der Waals surface area contributed by atoms with Crippen LogP contribution < -0.4 is 5.32 Å². The molecule has 0 aromatic carbocycles. The molecule has 112 valence electrons. The molecule has 1 unspecified atom stereocenters. The van der Waals surface area contributed by atoms with Gasteiger partial charge in [-0.25, -0.2) is 0 Å². The molecule has 1 atom stereocenters. The number of hydrogen-bond acceptors (Lipinski definition) is 2. The van der Waals surface area contributed by atoms with E-state index in [2.05, 4.69) is 5.32 Å². The Bertz CT molecular complexity index is 434. The van der Waals surface area contributed by atoms with Crippen LogP contribution in [0.2, 0.25) is 0 Å². The number of rotatable bonds is 2. The number of halogens is 1. The standard InChI is InChI=1S/C15H23ClN2O2/c1-14(2,3)11-12(19)17-15(7-4-5-8-15)13(20)18(11)10-6-9-16/h6,9,11H,4-5,7-8,10H2,1-3H3,(H,17,19)/b9-6+. The van der Waals surface area contributed by atoms with Gasteiger partial charge in [-0.05, 0) is 18.3 Å². The van der Waals surface area contributed by atoms with Crippen LogP contribution in [0.4, 0.5) is 0 Å². The quantitative estimate of drug-likeness (QED) is 0.851. The molecular weight excluding hydrogens is 276 g/mol. The summed E-state index contributed by atoms with van der Waals surface area (Å²) in [5, 5.41) is 3.02. The minimum Gasteiger partial charge on any atom is -0.340 e. The Kier molecular flexibility index (Phi) is 4.14. The maximum absolute atomic E-state index is 12.9. The average Bonchev–Trinajstić information content (AvgIpc) is 2.79. The SMILES string of the molecule is CC(C)(C)C1C(=O)NC2(CCCC2)C(=O)N1C/C=C/Cl. The third-order valence-electron chi connectivity index (χ3n) is 4.26. The summed E-state index contributed by atoms with van der Waals surface area (Å²) in [5.41, 5.74) is 0.430. The summed E-state index contributed by atoms with van der Waals surface area (Å²) in [4.78, 5) is 27.1. The highest BCUT2D eigenvalue weighted by Gasteiger charge is 2.54. The first kappa shape index (κ1) is 15.4. The highest BCUT2D eigenvalue weighted by atomic mass is 35.5. The molecule has 0 aromatic rings. The van der Waals surface area contributed by atoms with Crippen molar-refractivity contribution >= 4 is 23.4 Å². The number of piperazine rings is 1. The van der Waals surface area contributed by atoms with Crippen molar-refractivity contribution in [1.29, 1.82) is 0 Å². The predicted octanol–water partition coefficient (Wildman–Crippen LogP) is 2.42. The molecule has 20 heavy (non-hydrogen) atoms. The number of amides is 2. The number of nitrogens with one attached hydrogen (secondary N) is 1. The van der Waals surface area contributed by atoms with Crippen molar-refractivity contribution in [2.45, 2.75) is 58.0 Å². The first-order valence-electron chi connectivity index (χ1n) is 7.20. The third-order valence-corrected chi connectivity index (χ3v) is 4.44.